The van der Waals surface area contributed by atoms with E-state index in [0.717, 1.165) is 21.2 Å². The van der Waals surface area contributed by atoms with Crippen LogP contribution in [0.4, 0.5) is 15.1 Å². The molecule has 0 saturated heterocycles. The number of benzene rings is 3. The van der Waals surface area contributed by atoms with Crippen molar-refractivity contribution in [1.29, 1.82) is 0 Å². The summed E-state index contributed by atoms with van der Waals surface area (Å²) in [4.78, 5) is 13.5. The second-order valence-corrected chi connectivity index (χ2v) is 8.58. The average Bonchev–Trinajstić information content (AvgIpc) is 3.12. The number of para-hydroxylation sites is 1. The number of rotatable bonds is 4. The van der Waals surface area contributed by atoms with Crippen LogP contribution in [-0.4, -0.2) is 26.7 Å². The van der Waals surface area contributed by atoms with E-state index in [1.165, 1.54) is 14.5 Å². The Morgan fingerprint density at radius 2 is 1.50 bits per heavy atom. The maximum absolute atomic E-state index is 11.2. The molecule has 4 rings (SSSR count). The van der Waals surface area contributed by atoms with E-state index in [4.69, 9.17) is 0 Å². The zero-order valence-corrected chi connectivity index (χ0v) is 15.3. The second kappa shape index (κ2) is 6.65. The van der Waals surface area contributed by atoms with E-state index in [1.807, 2.05) is 12.1 Å². The molecular weight excluding hydrogens is 410 g/mol. The molecule has 1 heterocycles. The van der Waals surface area contributed by atoms with Crippen LogP contribution in [0.25, 0.3) is 10.8 Å². The van der Waals surface area contributed by atoms with Gasteiger partial charge in [-0.25, -0.2) is 0 Å². The van der Waals surface area contributed by atoms with Crippen molar-refractivity contribution in [2.24, 2.45) is 0 Å². The van der Waals surface area contributed by atoms with Gasteiger partial charge < -0.3 is 0 Å². The van der Waals surface area contributed by atoms with Crippen molar-refractivity contribution in [3.05, 3.63) is 88.5 Å². The van der Waals surface area contributed by atoms with Crippen molar-refractivity contribution in [3.63, 3.8) is 0 Å². The predicted octanol–water partition coefficient (Wildman–Crippen LogP) is 5.18. The fraction of sp³-hybridized carbons (Fsp3) is 0. The van der Waals surface area contributed by atoms with Crippen molar-refractivity contribution < 1.29 is 4.79 Å². The minimum absolute atomic E-state index is 0.660. The van der Waals surface area contributed by atoms with E-state index in [9.17, 15) is 4.79 Å². The summed E-state index contributed by atoms with van der Waals surface area (Å²) >= 11 is -0.660. The summed E-state index contributed by atoms with van der Waals surface area (Å²) in [5.74, 6) is 0. The third-order valence-corrected chi connectivity index (χ3v) is 6.81. The van der Waals surface area contributed by atoms with Crippen molar-refractivity contribution in [1.82, 2.24) is 0 Å². The van der Waals surface area contributed by atoms with Crippen molar-refractivity contribution in [3.8, 4) is 0 Å². The molecule has 0 N–H and O–H groups in total. The Morgan fingerprint density at radius 3 is 2.29 bits per heavy atom. The Balaban J connectivity index is 1.97. The molecular formula is C21H15NOTe. The van der Waals surface area contributed by atoms with Gasteiger partial charge in [-0.3, -0.25) is 0 Å². The van der Waals surface area contributed by atoms with Gasteiger partial charge in [-0.15, -0.1) is 0 Å². The van der Waals surface area contributed by atoms with Crippen molar-refractivity contribution in [2.45, 2.75) is 0 Å². The van der Waals surface area contributed by atoms with Crippen molar-refractivity contribution >= 4 is 52.6 Å². The normalized spacial score (nSPS) is 10.7. The number of hydrogen-bond donors (Lipinski definition) is 0. The van der Waals surface area contributed by atoms with E-state index in [2.05, 4.69) is 77.7 Å². The SMILES string of the molecule is O=Cc1ccc(N(c2ccccc2)c2cccc3ccccc23)[te]1. The van der Waals surface area contributed by atoms with Gasteiger partial charge in [-0.2, -0.15) is 0 Å². The molecule has 2 nitrogen and oxygen atoms in total. The third kappa shape index (κ3) is 2.78. The van der Waals surface area contributed by atoms with Crippen LogP contribution in [0, 0.1) is 0 Å². The van der Waals surface area contributed by atoms with E-state index >= 15 is 0 Å². The van der Waals surface area contributed by atoms with E-state index in [1.54, 1.807) is 0 Å². The van der Waals surface area contributed by atoms with Crippen LogP contribution < -0.4 is 4.90 Å². The second-order valence-electron chi connectivity index (χ2n) is 5.46. The molecule has 24 heavy (non-hydrogen) atoms. The fourth-order valence-electron chi connectivity index (χ4n) is 2.89. The first-order chi connectivity index (χ1) is 11.9. The Morgan fingerprint density at radius 1 is 0.750 bits per heavy atom. The molecule has 0 unspecified atom stereocenters. The van der Waals surface area contributed by atoms with Gasteiger partial charge in [-0.1, -0.05) is 0 Å². The van der Waals surface area contributed by atoms with E-state index in [-0.39, 0.29) is 0 Å². The first-order valence-corrected chi connectivity index (χ1v) is 10.1. The van der Waals surface area contributed by atoms with Crippen LogP contribution in [0.3, 0.4) is 0 Å². The number of fused-ring (bicyclic) bond motifs is 1. The monoisotopic (exact) mass is 427 g/mol. The topological polar surface area (TPSA) is 20.3 Å². The summed E-state index contributed by atoms with van der Waals surface area (Å²) in [6.45, 7) is 0. The Bertz CT molecular complexity index is 986. The number of nitrogens with zero attached hydrogens (tertiary/aromatic N) is 1. The zero-order chi connectivity index (χ0) is 16.4. The molecule has 116 valence electrons. The van der Waals surface area contributed by atoms with Crippen molar-refractivity contribution in [2.75, 3.05) is 4.90 Å². The number of hydrogen-bond acceptors (Lipinski definition) is 2. The molecule has 0 aliphatic heterocycles. The average molecular weight is 425 g/mol. The Labute approximate surface area is 150 Å². The molecule has 4 aromatic rings. The number of anilines is 3. The molecule has 0 aliphatic rings. The molecule has 3 heteroatoms. The predicted molar refractivity (Wildman–Crippen MR) is 101 cm³/mol. The van der Waals surface area contributed by atoms with Gasteiger partial charge in [0.1, 0.15) is 0 Å². The quantitative estimate of drug-likeness (QED) is 0.332. The van der Waals surface area contributed by atoms with Gasteiger partial charge >= 0.3 is 151 Å². The first kappa shape index (κ1) is 15.2. The summed E-state index contributed by atoms with van der Waals surface area (Å²) in [5, 5.41) is 2.44. The molecule has 0 atom stereocenters. The number of aldehydes is 1. The van der Waals surface area contributed by atoms with Crippen LogP contribution in [0.2, 0.25) is 0 Å². The van der Waals surface area contributed by atoms with Crippen LogP contribution in [0.1, 0.15) is 8.37 Å². The Kier molecular flexibility index (Phi) is 4.21. The summed E-state index contributed by atoms with van der Waals surface area (Å²) in [6.07, 6.45) is 0.998. The molecule has 1 aromatic heterocycles. The first-order valence-electron chi connectivity index (χ1n) is 7.75. The van der Waals surface area contributed by atoms with Crippen LogP contribution >= 0.6 is 0 Å². The number of carbonyl (C=O) groups is 1. The molecule has 0 bridgehead atoms. The molecule has 0 aliphatic carbocycles. The van der Waals surface area contributed by atoms with Gasteiger partial charge in [0.2, 0.25) is 0 Å². The zero-order valence-electron chi connectivity index (χ0n) is 12.9. The van der Waals surface area contributed by atoms with Gasteiger partial charge in [0.25, 0.3) is 0 Å². The van der Waals surface area contributed by atoms with E-state index in [0.29, 0.717) is 0 Å². The van der Waals surface area contributed by atoms with Crippen LogP contribution in [0.15, 0.2) is 84.9 Å². The molecule has 0 amide bonds. The maximum atomic E-state index is 11.2. The van der Waals surface area contributed by atoms with Gasteiger partial charge in [-0.05, 0) is 0 Å². The standard InChI is InChI=1S/C21H15NOTe/c23-15-18-13-14-21(24-18)22(17-9-2-1-3-10-17)20-12-6-8-16-7-4-5-11-19(16)20/h1-15H. The summed E-state index contributed by atoms with van der Waals surface area (Å²) in [6, 6.07) is 29.3. The van der Waals surface area contributed by atoms with Gasteiger partial charge in [0, 0.05) is 0 Å². The van der Waals surface area contributed by atoms with E-state index < -0.39 is 20.4 Å². The van der Waals surface area contributed by atoms with Gasteiger partial charge in [0.15, 0.2) is 0 Å². The summed E-state index contributed by atoms with van der Waals surface area (Å²) in [7, 11) is 0. The molecule has 0 fully saturated rings. The molecule has 0 spiro atoms. The van der Waals surface area contributed by atoms with Crippen LogP contribution in [0.5, 0.6) is 0 Å². The molecule has 0 radical (unpaired) electrons. The summed E-state index contributed by atoms with van der Waals surface area (Å²) < 4.78 is 2.18. The Hall–Kier alpha value is -2.34. The minimum atomic E-state index is -0.660. The molecule has 0 saturated carbocycles. The molecule has 3 aromatic carbocycles. The third-order valence-electron chi connectivity index (χ3n) is 3.97. The number of carbonyl (C=O) groups excluding carboxylic acids is 1. The van der Waals surface area contributed by atoms with Gasteiger partial charge in [0.05, 0.1) is 0 Å². The van der Waals surface area contributed by atoms with Crippen LogP contribution in [-0.2, 0) is 0 Å². The fourth-order valence-corrected chi connectivity index (χ4v) is 5.34. The summed E-state index contributed by atoms with van der Waals surface area (Å²) in [5.41, 5.74) is 2.29.